The Kier molecular flexibility index (Phi) is 10.2. The molecule has 1 aromatic heterocycles. The van der Waals surface area contributed by atoms with Crippen LogP contribution in [-0.2, 0) is 21.4 Å². The lowest BCUT2D eigenvalue weighted by Crippen LogP contribution is -2.35. The third-order valence-corrected chi connectivity index (χ3v) is 7.10. The number of aromatic nitrogens is 3. The van der Waals surface area contributed by atoms with Crippen LogP contribution in [0.2, 0.25) is 0 Å². The molecule has 17 heteroatoms. The molecule has 3 aliphatic rings. The van der Waals surface area contributed by atoms with E-state index < -0.39 is 40.6 Å². The van der Waals surface area contributed by atoms with Gasteiger partial charge in [-0.2, -0.15) is 28.1 Å². The normalized spacial score (nSPS) is 16.6. The number of halogens is 3. The number of anilines is 3. The monoisotopic (exact) mass is 623 g/mol. The molecule has 0 spiro atoms. The molecule has 2 amide bonds. The Morgan fingerprint density at radius 2 is 1.63 bits per heavy atom. The number of ether oxygens (including phenoxy) is 2. The molecule has 0 saturated heterocycles. The number of hydrogen-bond donors (Lipinski definition) is 4. The molecule has 13 nitrogen and oxygen atoms in total. The first-order valence-electron chi connectivity index (χ1n) is 13.0. The standard InChI is InChI=1S/C26H28F3N7O6S/c27-26(28,29)16-42-25-34-23-31-15-17-3-9-20(10-4-17)41-13-1-2-14-43(39,40)36-21(37)11-12-30-22(38)18-5-7-19(8-6-18)32-24(33-23)35-25/h3-10H,1-2,11-16H2,(H,30,38)(H,36,37)(H2,31,32,33,34,35). The van der Waals surface area contributed by atoms with Gasteiger partial charge in [-0.1, -0.05) is 12.1 Å². The van der Waals surface area contributed by atoms with Gasteiger partial charge in [-0.3, -0.25) is 14.3 Å². The van der Waals surface area contributed by atoms with Crippen molar-refractivity contribution >= 4 is 39.4 Å². The smallest absolute Gasteiger partial charge is 0.422 e. The lowest BCUT2D eigenvalue weighted by molar-refractivity contribution is -0.154. The quantitative estimate of drug-likeness (QED) is 0.331. The topological polar surface area (TPSA) is 174 Å². The Hall–Kier alpha value is -4.67. The molecular weight excluding hydrogens is 595 g/mol. The van der Waals surface area contributed by atoms with E-state index in [-0.39, 0.29) is 55.8 Å². The van der Waals surface area contributed by atoms with Crippen molar-refractivity contribution in [1.29, 1.82) is 0 Å². The predicted molar refractivity (Wildman–Crippen MR) is 148 cm³/mol. The van der Waals surface area contributed by atoms with E-state index in [2.05, 4.69) is 30.9 Å². The maximum absolute atomic E-state index is 12.7. The molecule has 230 valence electrons. The molecule has 0 unspecified atom stereocenters. The molecule has 0 atom stereocenters. The van der Waals surface area contributed by atoms with Gasteiger partial charge in [0.1, 0.15) is 5.75 Å². The van der Waals surface area contributed by atoms with Crippen molar-refractivity contribution in [2.75, 3.05) is 36.1 Å². The van der Waals surface area contributed by atoms with Crippen LogP contribution in [0.1, 0.15) is 35.2 Å². The second-order valence-corrected chi connectivity index (χ2v) is 11.1. The average molecular weight is 624 g/mol. The second kappa shape index (κ2) is 14.0. The number of nitrogens with one attached hydrogen (secondary N) is 4. The van der Waals surface area contributed by atoms with Crippen LogP contribution in [0.4, 0.5) is 30.8 Å². The molecule has 0 saturated carbocycles. The summed E-state index contributed by atoms with van der Waals surface area (Å²) in [4.78, 5) is 36.6. The third kappa shape index (κ3) is 10.6. The zero-order valence-corrected chi connectivity index (χ0v) is 23.4. The van der Waals surface area contributed by atoms with Gasteiger partial charge in [0, 0.05) is 30.8 Å². The molecule has 0 radical (unpaired) electrons. The largest absolute Gasteiger partial charge is 0.494 e. The van der Waals surface area contributed by atoms with Crippen LogP contribution in [-0.4, -0.2) is 66.9 Å². The Bertz CT molecular complexity index is 1520. The summed E-state index contributed by atoms with van der Waals surface area (Å²) in [5.74, 6) is -1.14. The minimum Gasteiger partial charge on any atom is -0.494 e. The van der Waals surface area contributed by atoms with Gasteiger partial charge in [-0.15, -0.1) is 0 Å². The van der Waals surface area contributed by atoms with Crippen molar-refractivity contribution in [3.05, 3.63) is 59.7 Å². The predicted octanol–water partition coefficient (Wildman–Crippen LogP) is 2.91. The Morgan fingerprint density at radius 3 is 2.35 bits per heavy atom. The summed E-state index contributed by atoms with van der Waals surface area (Å²) >= 11 is 0. The van der Waals surface area contributed by atoms with Crippen LogP contribution >= 0.6 is 0 Å². The van der Waals surface area contributed by atoms with Crippen molar-refractivity contribution in [2.45, 2.75) is 32.0 Å². The summed E-state index contributed by atoms with van der Waals surface area (Å²) in [7, 11) is -3.83. The number of alkyl halides is 3. The second-order valence-electron chi connectivity index (χ2n) is 9.27. The minimum absolute atomic E-state index is 0.0496. The van der Waals surface area contributed by atoms with E-state index >= 15 is 0 Å². The molecule has 0 aliphatic carbocycles. The summed E-state index contributed by atoms with van der Waals surface area (Å²) in [6, 6.07) is 12.3. The Balaban J connectivity index is 1.53. The van der Waals surface area contributed by atoms with Crippen LogP contribution in [0.25, 0.3) is 0 Å². The minimum atomic E-state index is -4.60. The van der Waals surface area contributed by atoms with Crippen LogP contribution in [0.5, 0.6) is 11.8 Å². The first kappa shape index (κ1) is 31.3. The Morgan fingerprint density at radius 1 is 0.907 bits per heavy atom. The first-order valence-corrected chi connectivity index (χ1v) is 14.7. The number of rotatable bonds is 2. The highest BCUT2D eigenvalue weighted by molar-refractivity contribution is 7.90. The summed E-state index contributed by atoms with van der Waals surface area (Å²) < 4.78 is 75.0. The van der Waals surface area contributed by atoms with Crippen molar-refractivity contribution in [2.24, 2.45) is 0 Å². The van der Waals surface area contributed by atoms with E-state index in [0.717, 1.165) is 5.56 Å². The zero-order chi connectivity index (χ0) is 30.9. The highest BCUT2D eigenvalue weighted by Gasteiger charge is 2.29. The number of benzene rings is 2. The van der Waals surface area contributed by atoms with Gasteiger partial charge in [-0.05, 0) is 54.8 Å². The summed E-state index contributed by atoms with van der Waals surface area (Å²) in [6.07, 6.45) is -4.18. The van der Waals surface area contributed by atoms with Crippen LogP contribution < -0.4 is 30.1 Å². The molecule has 4 heterocycles. The van der Waals surface area contributed by atoms with Crippen LogP contribution in [0, 0.1) is 0 Å². The van der Waals surface area contributed by atoms with E-state index in [4.69, 9.17) is 9.47 Å². The van der Waals surface area contributed by atoms with Crippen molar-refractivity contribution < 1.29 is 40.7 Å². The lowest BCUT2D eigenvalue weighted by Gasteiger charge is -2.13. The van der Waals surface area contributed by atoms with Gasteiger partial charge in [0.05, 0.1) is 12.4 Å². The Labute approximate surface area is 244 Å². The van der Waals surface area contributed by atoms with Gasteiger partial charge >= 0.3 is 12.2 Å². The van der Waals surface area contributed by atoms with E-state index in [0.29, 0.717) is 17.9 Å². The summed E-state index contributed by atoms with van der Waals surface area (Å²) in [5, 5.41) is 8.30. The third-order valence-electron chi connectivity index (χ3n) is 5.74. The fraction of sp³-hybridized carbons (Fsp3) is 0.346. The van der Waals surface area contributed by atoms with Gasteiger partial charge in [0.2, 0.25) is 27.8 Å². The molecule has 0 fully saturated rings. The van der Waals surface area contributed by atoms with Crippen LogP contribution in [0.3, 0.4) is 0 Å². The molecule has 6 rings (SSSR count). The molecule has 3 aliphatic heterocycles. The highest BCUT2D eigenvalue weighted by atomic mass is 32.2. The van der Waals surface area contributed by atoms with Gasteiger partial charge in [-0.25, -0.2) is 8.42 Å². The highest BCUT2D eigenvalue weighted by Crippen LogP contribution is 2.21. The van der Waals surface area contributed by atoms with Crippen molar-refractivity contribution in [3.63, 3.8) is 0 Å². The maximum Gasteiger partial charge on any atom is 0.422 e. The fourth-order valence-corrected chi connectivity index (χ4v) is 4.81. The molecule has 2 aromatic carbocycles. The van der Waals surface area contributed by atoms with Crippen molar-refractivity contribution in [1.82, 2.24) is 25.0 Å². The van der Waals surface area contributed by atoms with Gasteiger partial charge in [0.15, 0.2) is 6.61 Å². The number of carbonyl (C=O) groups excluding carboxylic acids is 2. The van der Waals surface area contributed by atoms with E-state index in [1.165, 1.54) is 24.3 Å². The summed E-state index contributed by atoms with van der Waals surface area (Å²) in [6.45, 7) is -1.25. The number of amides is 2. The molecule has 43 heavy (non-hydrogen) atoms. The van der Waals surface area contributed by atoms with E-state index in [9.17, 15) is 31.2 Å². The number of hydrogen-bond acceptors (Lipinski definition) is 11. The number of fused-ring (bicyclic) bond motifs is 2. The van der Waals surface area contributed by atoms with Gasteiger partial charge < -0.3 is 25.4 Å². The lowest BCUT2D eigenvalue weighted by atomic mass is 10.2. The molecule has 6 bridgehead atoms. The maximum atomic E-state index is 12.7. The van der Waals surface area contributed by atoms with E-state index in [1.54, 1.807) is 24.3 Å². The fourth-order valence-electron chi connectivity index (χ4n) is 3.67. The molecular formula is C26H28F3N7O6S. The molecule has 3 aromatic rings. The van der Waals surface area contributed by atoms with E-state index in [1.807, 2.05) is 4.72 Å². The van der Waals surface area contributed by atoms with Crippen molar-refractivity contribution in [3.8, 4) is 11.8 Å². The first-order chi connectivity index (χ1) is 20.4. The van der Waals surface area contributed by atoms with Gasteiger partial charge in [0.25, 0.3) is 5.91 Å². The number of nitrogens with zero attached hydrogens (tertiary/aromatic N) is 3. The SMILES string of the molecule is O=C1CCNC(=O)c2ccc(cc2)Nc2nc(nc(OCC(F)(F)F)n2)NCc2ccc(cc2)OCCCCS(=O)(=O)N1. The average Bonchev–Trinajstić information content (AvgIpc) is 2.94. The van der Waals surface area contributed by atoms with Crippen LogP contribution in [0.15, 0.2) is 48.5 Å². The number of carbonyl (C=O) groups is 2. The number of sulfonamides is 1. The zero-order valence-electron chi connectivity index (χ0n) is 22.6. The molecule has 4 N–H and O–H groups in total. The summed E-state index contributed by atoms with van der Waals surface area (Å²) in [5.41, 5.74) is 1.41.